The molecule has 0 radical (unpaired) electrons. The topological polar surface area (TPSA) is 66.4 Å². The second-order valence-corrected chi connectivity index (χ2v) is 11.0. The van der Waals surface area contributed by atoms with Crippen LogP contribution < -0.4 is 34.3 Å². The predicted molar refractivity (Wildman–Crippen MR) is 139 cm³/mol. The van der Waals surface area contributed by atoms with Crippen LogP contribution in [0.1, 0.15) is 135 Å². The molecule has 0 aliphatic rings. The molecule has 0 aromatic heterocycles. The Hall–Kier alpha value is -0.0700. The van der Waals surface area contributed by atoms with Crippen LogP contribution in [-0.2, 0) is 23.0 Å². The van der Waals surface area contributed by atoms with Gasteiger partial charge in [-0.25, -0.2) is 8.42 Å². The molecule has 0 saturated carbocycles. The van der Waals surface area contributed by atoms with E-state index < -0.39 is 15.6 Å². The van der Waals surface area contributed by atoms with Crippen LogP contribution >= 0.6 is 0 Å². The first-order valence-corrected chi connectivity index (χ1v) is 15.1. The first-order valence-electron chi connectivity index (χ1n) is 13.7. The fraction of sp³-hybridized carbons (Fsp3) is 0.786. The molecular weight excluding hydrogens is 455 g/mol. The molecule has 0 heterocycles. The van der Waals surface area contributed by atoms with Gasteiger partial charge >= 0.3 is 29.6 Å². The van der Waals surface area contributed by atoms with Crippen molar-refractivity contribution in [1.82, 2.24) is 0 Å². The summed E-state index contributed by atoms with van der Waals surface area (Å²) in [7, 11) is -4.51. The van der Waals surface area contributed by atoms with Gasteiger partial charge in [0.2, 0.25) is 0 Å². The molecule has 1 atom stereocenters. The largest absolute Gasteiger partial charge is 1.00 e. The van der Waals surface area contributed by atoms with E-state index in [4.69, 9.17) is 4.74 Å². The third-order valence-electron chi connectivity index (χ3n) is 6.37. The van der Waals surface area contributed by atoms with Crippen molar-refractivity contribution in [3.05, 3.63) is 29.3 Å². The van der Waals surface area contributed by atoms with E-state index in [0.717, 1.165) is 36.8 Å². The predicted octanol–water partition coefficient (Wildman–Crippen LogP) is 5.33. The zero-order chi connectivity index (χ0) is 24.4. The summed E-state index contributed by atoms with van der Waals surface area (Å²) >= 11 is 0. The fourth-order valence-electron chi connectivity index (χ4n) is 4.36. The quantitative estimate of drug-likeness (QED) is 0.129. The van der Waals surface area contributed by atoms with Crippen molar-refractivity contribution in [2.24, 2.45) is 0 Å². The first kappa shape index (κ1) is 33.9. The van der Waals surface area contributed by atoms with Gasteiger partial charge in [-0.2, -0.15) is 0 Å². The van der Waals surface area contributed by atoms with E-state index in [2.05, 4.69) is 19.9 Å². The summed E-state index contributed by atoms with van der Waals surface area (Å²) in [5.41, 5.74) is 0.799. The summed E-state index contributed by atoms with van der Waals surface area (Å²) in [6.45, 7) is 6.34. The molecule has 0 spiro atoms. The molecule has 0 saturated heterocycles. The van der Waals surface area contributed by atoms with E-state index in [1.165, 1.54) is 77.0 Å². The number of ether oxygens (including phenoxy) is 1. The molecule has 1 aromatic carbocycles. The van der Waals surface area contributed by atoms with Crippen molar-refractivity contribution in [3.8, 4) is 5.75 Å². The maximum Gasteiger partial charge on any atom is 1.00 e. The summed E-state index contributed by atoms with van der Waals surface area (Å²) < 4.78 is 41.5. The molecule has 192 valence electrons. The summed E-state index contributed by atoms with van der Waals surface area (Å²) in [5.74, 6) is 0.660. The molecule has 1 unspecified atom stereocenters. The molecular formula is C28H49NaO4S. The standard InChI is InChI=1S/C28H50O4S.Na/c1-4-7-9-11-13-15-17-21-25-23-19-24-26(22-18-16-14-12-10-8-5-2)28(25)32-27(20-6-3)33(29,30)31;/h19,23-24,27H,4-18,20-22H2,1-3H3,(H,29,30,31);/q;+1/p-1. The Bertz CT molecular complexity index is 685. The van der Waals surface area contributed by atoms with E-state index in [-0.39, 0.29) is 36.0 Å². The Morgan fingerprint density at radius 2 is 1.12 bits per heavy atom. The molecule has 6 heteroatoms. The minimum atomic E-state index is -4.51. The van der Waals surface area contributed by atoms with Crippen molar-refractivity contribution < 1.29 is 47.3 Å². The Kier molecular flexibility index (Phi) is 21.0. The van der Waals surface area contributed by atoms with Gasteiger partial charge in [0.15, 0.2) is 5.44 Å². The van der Waals surface area contributed by atoms with Crippen LogP contribution in [0.25, 0.3) is 0 Å². The molecule has 34 heavy (non-hydrogen) atoms. The van der Waals surface area contributed by atoms with E-state index in [0.29, 0.717) is 12.2 Å². The zero-order valence-electron chi connectivity index (χ0n) is 22.6. The Balaban J connectivity index is 0.0000109. The van der Waals surface area contributed by atoms with Gasteiger partial charge in [0.1, 0.15) is 15.9 Å². The monoisotopic (exact) mass is 504 g/mol. The van der Waals surface area contributed by atoms with Crippen molar-refractivity contribution in [1.29, 1.82) is 0 Å². The third kappa shape index (κ3) is 15.1. The van der Waals surface area contributed by atoms with Crippen LogP contribution in [0.2, 0.25) is 0 Å². The van der Waals surface area contributed by atoms with Crippen LogP contribution in [0.15, 0.2) is 18.2 Å². The van der Waals surface area contributed by atoms with Crippen molar-refractivity contribution in [2.45, 2.75) is 142 Å². The maximum absolute atomic E-state index is 11.8. The molecule has 1 aromatic rings. The van der Waals surface area contributed by atoms with E-state index in [1.54, 1.807) is 0 Å². The molecule has 0 aliphatic carbocycles. The summed E-state index contributed by atoms with van der Waals surface area (Å²) in [6.07, 6.45) is 19.8. The molecule has 0 fully saturated rings. The summed E-state index contributed by atoms with van der Waals surface area (Å²) in [5, 5.41) is 0. The number of unbranched alkanes of at least 4 members (excludes halogenated alkanes) is 12. The number of benzene rings is 1. The van der Waals surface area contributed by atoms with Gasteiger partial charge in [-0.3, -0.25) is 0 Å². The Morgan fingerprint density at radius 1 is 0.706 bits per heavy atom. The smallest absolute Gasteiger partial charge is 0.745 e. The maximum atomic E-state index is 11.8. The normalized spacial score (nSPS) is 12.4. The number of para-hydroxylation sites is 1. The van der Waals surface area contributed by atoms with Gasteiger partial charge in [0.05, 0.1) is 0 Å². The van der Waals surface area contributed by atoms with Crippen LogP contribution in [-0.4, -0.2) is 18.4 Å². The number of hydrogen-bond donors (Lipinski definition) is 0. The van der Waals surface area contributed by atoms with Crippen LogP contribution in [0.4, 0.5) is 0 Å². The Morgan fingerprint density at radius 3 is 1.50 bits per heavy atom. The van der Waals surface area contributed by atoms with Crippen LogP contribution in [0.3, 0.4) is 0 Å². The molecule has 0 N–H and O–H groups in total. The molecule has 0 amide bonds. The average Bonchev–Trinajstić information content (AvgIpc) is 2.78. The summed E-state index contributed by atoms with van der Waals surface area (Å²) in [6, 6.07) is 6.14. The van der Waals surface area contributed by atoms with E-state index >= 15 is 0 Å². The van der Waals surface area contributed by atoms with Gasteiger partial charge in [0, 0.05) is 0 Å². The van der Waals surface area contributed by atoms with E-state index in [1.807, 2.05) is 19.1 Å². The van der Waals surface area contributed by atoms with Gasteiger partial charge in [-0.05, 0) is 43.2 Å². The number of aryl methyl sites for hydroxylation is 2. The van der Waals surface area contributed by atoms with Gasteiger partial charge in [-0.1, -0.05) is 122 Å². The van der Waals surface area contributed by atoms with Crippen molar-refractivity contribution >= 4 is 10.1 Å². The fourth-order valence-corrected chi connectivity index (χ4v) is 5.10. The van der Waals surface area contributed by atoms with Gasteiger partial charge in [-0.15, -0.1) is 0 Å². The number of hydrogen-bond acceptors (Lipinski definition) is 4. The average molecular weight is 505 g/mol. The van der Waals surface area contributed by atoms with Crippen LogP contribution in [0, 0.1) is 0 Å². The SMILES string of the molecule is CCCCCCCCCc1cccc(CCCCCCCCC)c1OC(CCC)S(=O)(=O)[O-].[Na+]. The van der Waals surface area contributed by atoms with Gasteiger partial charge in [0.25, 0.3) is 0 Å². The molecule has 0 bridgehead atoms. The summed E-state index contributed by atoms with van der Waals surface area (Å²) in [4.78, 5) is 0. The Labute approximate surface area is 233 Å². The van der Waals surface area contributed by atoms with Crippen molar-refractivity contribution in [2.75, 3.05) is 0 Å². The molecule has 4 nitrogen and oxygen atoms in total. The second kappa shape index (κ2) is 21.1. The second-order valence-electron chi connectivity index (χ2n) is 9.48. The first-order chi connectivity index (χ1) is 15.9. The van der Waals surface area contributed by atoms with Gasteiger partial charge < -0.3 is 9.29 Å². The zero-order valence-corrected chi connectivity index (χ0v) is 25.4. The minimum absolute atomic E-state index is 0. The van der Waals surface area contributed by atoms with Crippen molar-refractivity contribution in [3.63, 3.8) is 0 Å². The molecule has 1 rings (SSSR count). The number of rotatable bonds is 21. The minimum Gasteiger partial charge on any atom is -0.745 e. The third-order valence-corrected chi connectivity index (χ3v) is 7.35. The van der Waals surface area contributed by atoms with Crippen LogP contribution in [0.5, 0.6) is 5.75 Å². The van der Waals surface area contributed by atoms with E-state index in [9.17, 15) is 13.0 Å². The molecule has 0 aliphatic heterocycles.